The standard InChI is InChI=1S/C54H103NO5/c1-3-5-7-9-11-13-15-17-20-23-26-30-34-38-42-46-52(57)51(50-56)55-53(58)47-43-39-35-31-27-24-21-18-19-22-25-29-33-37-41-45-49-60-54(59)48-44-40-36-32-28-16-14-12-10-8-6-4-2/h18,21,42,46,51-52,56-57H,3-17,19-20,22-41,43-45,47-50H2,1-2H3,(H,55,58)/b21-18-,46-42+. The van der Waals surface area contributed by atoms with E-state index in [0.29, 0.717) is 19.4 Å². The largest absolute Gasteiger partial charge is 0.466 e. The fourth-order valence-electron chi connectivity index (χ4n) is 8.10. The molecule has 0 spiro atoms. The molecule has 0 saturated carbocycles. The van der Waals surface area contributed by atoms with Crippen molar-refractivity contribution in [1.29, 1.82) is 0 Å². The highest BCUT2D eigenvalue weighted by Crippen LogP contribution is 2.16. The molecule has 0 aromatic rings. The van der Waals surface area contributed by atoms with Crippen molar-refractivity contribution in [2.24, 2.45) is 0 Å². The van der Waals surface area contributed by atoms with Gasteiger partial charge in [0.15, 0.2) is 0 Å². The summed E-state index contributed by atoms with van der Waals surface area (Å²) in [4.78, 5) is 24.4. The van der Waals surface area contributed by atoms with Gasteiger partial charge in [-0.2, -0.15) is 0 Å². The first-order valence-electron chi connectivity index (χ1n) is 26.6. The van der Waals surface area contributed by atoms with Gasteiger partial charge in [-0.25, -0.2) is 0 Å². The molecule has 6 nitrogen and oxygen atoms in total. The summed E-state index contributed by atoms with van der Waals surface area (Å²) in [6.45, 7) is 4.88. The van der Waals surface area contributed by atoms with Crippen LogP contribution in [-0.4, -0.2) is 47.4 Å². The molecule has 2 atom stereocenters. The Morgan fingerprint density at radius 3 is 1.18 bits per heavy atom. The van der Waals surface area contributed by atoms with E-state index in [2.05, 4.69) is 31.3 Å². The lowest BCUT2D eigenvalue weighted by Crippen LogP contribution is -2.45. The minimum atomic E-state index is -0.854. The average molecular weight is 846 g/mol. The Labute approximate surface area is 373 Å². The number of nitrogens with one attached hydrogen (secondary N) is 1. The molecule has 0 saturated heterocycles. The number of amides is 1. The number of hydrogen-bond acceptors (Lipinski definition) is 5. The number of allylic oxidation sites excluding steroid dienone is 3. The van der Waals surface area contributed by atoms with Crippen molar-refractivity contribution >= 4 is 11.9 Å². The fraction of sp³-hybridized carbons (Fsp3) is 0.889. The van der Waals surface area contributed by atoms with E-state index >= 15 is 0 Å². The third kappa shape index (κ3) is 45.9. The van der Waals surface area contributed by atoms with Crippen molar-refractivity contribution in [2.45, 2.75) is 296 Å². The van der Waals surface area contributed by atoms with E-state index in [1.54, 1.807) is 6.08 Å². The van der Waals surface area contributed by atoms with E-state index in [1.165, 1.54) is 193 Å². The zero-order chi connectivity index (χ0) is 43.7. The van der Waals surface area contributed by atoms with Crippen molar-refractivity contribution in [3.05, 3.63) is 24.3 Å². The van der Waals surface area contributed by atoms with E-state index in [0.717, 1.165) is 64.2 Å². The molecule has 0 rings (SSSR count). The van der Waals surface area contributed by atoms with Gasteiger partial charge in [0.05, 0.1) is 25.4 Å². The third-order valence-electron chi connectivity index (χ3n) is 12.2. The molecule has 0 aliphatic carbocycles. The summed E-state index contributed by atoms with van der Waals surface area (Å²) in [7, 11) is 0. The Hall–Kier alpha value is -1.66. The number of carbonyl (C=O) groups excluding carboxylic acids is 2. The van der Waals surface area contributed by atoms with Crippen molar-refractivity contribution in [3.63, 3.8) is 0 Å². The van der Waals surface area contributed by atoms with Gasteiger partial charge in [0.25, 0.3) is 0 Å². The van der Waals surface area contributed by atoms with E-state index in [4.69, 9.17) is 4.74 Å². The molecular weight excluding hydrogens is 743 g/mol. The summed E-state index contributed by atoms with van der Waals surface area (Å²) in [5.41, 5.74) is 0. The second kappa shape index (κ2) is 50.0. The first kappa shape index (κ1) is 58.3. The highest BCUT2D eigenvalue weighted by molar-refractivity contribution is 5.76. The van der Waals surface area contributed by atoms with Crippen LogP contribution in [0.5, 0.6) is 0 Å². The second-order valence-electron chi connectivity index (χ2n) is 18.2. The number of hydrogen-bond donors (Lipinski definition) is 3. The van der Waals surface area contributed by atoms with Crippen LogP contribution in [0.3, 0.4) is 0 Å². The van der Waals surface area contributed by atoms with Gasteiger partial charge >= 0.3 is 5.97 Å². The van der Waals surface area contributed by atoms with Gasteiger partial charge in [0.1, 0.15) is 0 Å². The SMILES string of the molecule is CCCCCCCCCCCCCCC/C=C/C(O)C(CO)NC(=O)CCCCCCC/C=C\CCCCCCCCCOC(=O)CCCCCCCCCCCCCC. The monoisotopic (exact) mass is 846 g/mol. The molecule has 0 aliphatic heterocycles. The maximum absolute atomic E-state index is 12.4. The fourth-order valence-corrected chi connectivity index (χ4v) is 8.10. The van der Waals surface area contributed by atoms with Crippen LogP contribution in [0.4, 0.5) is 0 Å². The Morgan fingerprint density at radius 1 is 0.450 bits per heavy atom. The van der Waals surface area contributed by atoms with Crippen molar-refractivity contribution in [3.8, 4) is 0 Å². The Balaban J connectivity index is 3.50. The highest BCUT2D eigenvalue weighted by atomic mass is 16.5. The average Bonchev–Trinajstić information content (AvgIpc) is 3.25. The number of unbranched alkanes of at least 4 members (excludes halogenated alkanes) is 36. The van der Waals surface area contributed by atoms with Crippen LogP contribution in [0.1, 0.15) is 284 Å². The molecule has 0 aromatic heterocycles. The summed E-state index contributed by atoms with van der Waals surface area (Å²) in [5.74, 6) is -0.0878. The van der Waals surface area contributed by atoms with Crippen LogP contribution in [-0.2, 0) is 14.3 Å². The number of aliphatic hydroxyl groups excluding tert-OH is 2. The van der Waals surface area contributed by atoms with E-state index < -0.39 is 12.1 Å². The predicted molar refractivity (Wildman–Crippen MR) is 260 cm³/mol. The van der Waals surface area contributed by atoms with E-state index in [-0.39, 0.29) is 18.5 Å². The number of carbonyl (C=O) groups is 2. The smallest absolute Gasteiger partial charge is 0.305 e. The van der Waals surface area contributed by atoms with Gasteiger partial charge in [-0.3, -0.25) is 9.59 Å². The van der Waals surface area contributed by atoms with Crippen molar-refractivity contribution < 1.29 is 24.5 Å². The lowest BCUT2D eigenvalue weighted by molar-refractivity contribution is -0.143. The number of esters is 1. The first-order valence-corrected chi connectivity index (χ1v) is 26.6. The van der Waals surface area contributed by atoms with Crippen LogP contribution in [0.25, 0.3) is 0 Å². The van der Waals surface area contributed by atoms with Gasteiger partial charge < -0.3 is 20.3 Å². The second-order valence-corrected chi connectivity index (χ2v) is 18.2. The Bertz CT molecular complexity index is 935. The van der Waals surface area contributed by atoms with Gasteiger partial charge in [-0.1, -0.05) is 237 Å². The molecule has 354 valence electrons. The summed E-state index contributed by atoms with van der Waals surface area (Å²) in [5, 5.41) is 23.1. The predicted octanol–water partition coefficient (Wildman–Crippen LogP) is 15.9. The van der Waals surface area contributed by atoms with E-state index in [1.807, 2.05) is 6.08 Å². The lowest BCUT2D eigenvalue weighted by Gasteiger charge is -2.20. The van der Waals surface area contributed by atoms with Crippen molar-refractivity contribution in [1.82, 2.24) is 5.32 Å². The molecule has 0 aliphatic rings. The van der Waals surface area contributed by atoms with Gasteiger partial charge in [-0.15, -0.1) is 0 Å². The van der Waals surface area contributed by atoms with Crippen LogP contribution < -0.4 is 5.32 Å². The highest BCUT2D eigenvalue weighted by Gasteiger charge is 2.18. The van der Waals surface area contributed by atoms with E-state index in [9.17, 15) is 19.8 Å². The number of ether oxygens (including phenoxy) is 1. The summed E-state index contributed by atoms with van der Waals surface area (Å²) in [6.07, 6.45) is 58.9. The zero-order valence-corrected chi connectivity index (χ0v) is 40.2. The molecule has 0 fully saturated rings. The summed E-state index contributed by atoms with van der Waals surface area (Å²) in [6, 6.07) is -0.639. The van der Waals surface area contributed by atoms with Gasteiger partial charge in [0, 0.05) is 12.8 Å². The molecule has 0 radical (unpaired) electrons. The van der Waals surface area contributed by atoms with Crippen LogP contribution >= 0.6 is 0 Å². The Kier molecular flexibility index (Phi) is 48.6. The quantitative estimate of drug-likeness (QED) is 0.0322. The molecule has 0 heterocycles. The van der Waals surface area contributed by atoms with Crippen LogP contribution in [0.2, 0.25) is 0 Å². The first-order chi connectivity index (χ1) is 29.5. The molecule has 60 heavy (non-hydrogen) atoms. The van der Waals surface area contributed by atoms with Gasteiger partial charge in [-0.05, 0) is 57.8 Å². The normalized spacial score (nSPS) is 12.8. The minimum absolute atomic E-state index is 0.00338. The molecule has 3 N–H and O–H groups in total. The number of rotatable bonds is 49. The lowest BCUT2D eigenvalue weighted by atomic mass is 10.0. The zero-order valence-electron chi connectivity index (χ0n) is 40.2. The maximum Gasteiger partial charge on any atom is 0.305 e. The number of aliphatic hydroxyl groups is 2. The summed E-state index contributed by atoms with van der Waals surface area (Å²) >= 11 is 0. The van der Waals surface area contributed by atoms with Crippen LogP contribution in [0, 0.1) is 0 Å². The topological polar surface area (TPSA) is 95.9 Å². The molecular formula is C54H103NO5. The molecule has 6 heteroatoms. The van der Waals surface area contributed by atoms with Crippen molar-refractivity contribution in [2.75, 3.05) is 13.2 Å². The molecule has 0 aromatic carbocycles. The summed E-state index contributed by atoms with van der Waals surface area (Å²) < 4.78 is 5.45. The maximum atomic E-state index is 12.4. The molecule has 2 unspecified atom stereocenters. The van der Waals surface area contributed by atoms with Gasteiger partial charge in [0.2, 0.25) is 5.91 Å². The molecule has 0 bridgehead atoms. The van der Waals surface area contributed by atoms with Crippen LogP contribution in [0.15, 0.2) is 24.3 Å². The Morgan fingerprint density at radius 2 is 0.783 bits per heavy atom. The minimum Gasteiger partial charge on any atom is -0.466 e. The third-order valence-corrected chi connectivity index (χ3v) is 12.2. The molecule has 1 amide bonds.